The van der Waals surface area contributed by atoms with Crippen LogP contribution in [0, 0.1) is 0 Å². The highest BCUT2D eigenvalue weighted by molar-refractivity contribution is 7.09. The Morgan fingerprint density at radius 1 is 1.47 bits per heavy atom. The summed E-state index contributed by atoms with van der Waals surface area (Å²) in [7, 11) is 0. The van der Waals surface area contributed by atoms with Gasteiger partial charge < -0.3 is 5.73 Å². The lowest BCUT2D eigenvalue weighted by atomic mass is 10.2. The number of nitrogens with zero attached hydrogens (tertiary/aromatic N) is 1. The van der Waals surface area contributed by atoms with Crippen molar-refractivity contribution in [1.29, 1.82) is 0 Å². The van der Waals surface area contributed by atoms with Crippen molar-refractivity contribution in [2.45, 2.75) is 38.4 Å². The summed E-state index contributed by atoms with van der Waals surface area (Å²) in [6, 6.07) is -1.82. The normalized spacial score (nSPS) is 14.6. The molecular weight excluding hydrogens is 225 g/mol. The average Bonchev–Trinajstić information content (AvgIpc) is 2.50. The fourth-order valence-corrected chi connectivity index (χ4v) is 1.87. The zero-order valence-electron chi connectivity index (χ0n) is 8.51. The minimum Gasteiger partial charge on any atom is -0.320 e. The monoisotopic (exact) mass is 238 g/mol. The first kappa shape index (κ1) is 12.4. The van der Waals surface area contributed by atoms with Crippen molar-refractivity contribution >= 4 is 11.3 Å². The molecular formula is C9H13F3N2S. The predicted octanol–water partition coefficient (Wildman–Crippen LogP) is 2.70. The summed E-state index contributed by atoms with van der Waals surface area (Å²) >= 11 is 1.38. The third-order valence-electron chi connectivity index (χ3n) is 1.91. The number of thiazole rings is 1. The van der Waals surface area contributed by atoms with Gasteiger partial charge in [0.25, 0.3) is 0 Å². The highest BCUT2D eigenvalue weighted by Crippen LogP contribution is 2.24. The van der Waals surface area contributed by atoms with Gasteiger partial charge in [-0.15, -0.1) is 11.3 Å². The Morgan fingerprint density at radius 2 is 2.07 bits per heavy atom. The minimum atomic E-state index is -4.35. The molecule has 1 rings (SSSR count). The van der Waals surface area contributed by atoms with Crippen LogP contribution in [0.15, 0.2) is 5.38 Å². The molecule has 0 saturated carbocycles. The molecule has 0 aliphatic rings. The van der Waals surface area contributed by atoms with Crippen LogP contribution in [0.3, 0.4) is 0 Å². The van der Waals surface area contributed by atoms with Gasteiger partial charge >= 0.3 is 6.18 Å². The second-order valence-electron chi connectivity index (χ2n) is 3.68. The maximum Gasteiger partial charge on any atom is 0.404 e. The van der Waals surface area contributed by atoms with E-state index in [1.54, 1.807) is 5.38 Å². The van der Waals surface area contributed by atoms with Crippen molar-refractivity contribution < 1.29 is 13.2 Å². The zero-order chi connectivity index (χ0) is 11.6. The molecule has 0 aliphatic heterocycles. The summed E-state index contributed by atoms with van der Waals surface area (Å²) in [6.07, 6.45) is -4.59. The van der Waals surface area contributed by atoms with Gasteiger partial charge in [-0.05, 0) is 0 Å². The first-order chi connectivity index (χ1) is 6.80. The molecule has 0 bridgehead atoms. The third kappa shape index (κ3) is 3.46. The molecule has 6 heteroatoms. The Bertz CT molecular complexity index is 319. The van der Waals surface area contributed by atoms with Crippen LogP contribution in [-0.4, -0.2) is 17.2 Å². The fraction of sp³-hybridized carbons (Fsp3) is 0.667. The number of halogens is 3. The van der Waals surface area contributed by atoms with Crippen molar-refractivity contribution in [3.8, 4) is 0 Å². The molecule has 0 aromatic carbocycles. The Kier molecular flexibility index (Phi) is 3.72. The summed E-state index contributed by atoms with van der Waals surface area (Å²) in [5, 5.41) is 2.49. The summed E-state index contributed by atoms with van der Waals surface area (Å²) in [4.78, 5) is 4.10. The van der Waals surface area contributed by atoms with Crippen molar-refractivity contribution in [3.63, 3.8) is 0 Å². The third-order valence-corrected chi connectivity index (χ3v) is 3.11. The predicted molar refractivity (Wildman–Crippen MR) is 53.9 cm³/mol. The Hall–Kier alpha value is -0.620. The van der Waals surface area contributed by atoms with Gasteiger partial charge in [-0.25, -0.2) is 4.98 Å². The second-order valence-corrected chi connectivity index (χ2v) is 4.57. The SMILES string of the molecule is CC(C)c1nc(CC(N)C(F)(F)F)cs1. The number of hydrogen-bond acceptors (Lipinski definition) is 3. The molecule has 0 radical (unpaired) electrons. The van der Waals surface area contributed by atoms with Crippen LogP contribution in [0.5, 0.6) is 0 Å². The lowest BCUT2D eigenvalue weighted by Crippen LogP contribution is -2.39. The van der Waals surface area contributed by atoms with Crippen molar-refractivity contribution in [2.75, 3.05) is 0 Å². The Balaban J connectivity index is 2.65. The molecule has 1 heterocycles. The molecule has 0 spiro atoms. The van der Waals surface area contributed by atoms with Crippen LogP contribution >= 0.6 is 11.3 Å². The first-order valence-corrected chi connectivity index (χ1v) is 5.45. The summed E-state index contributed by atoms with van der Waals surface area (Å²) in [5.41, 5.74) is 5.43. The maximum atomic E-state index is 12.2. The van der Waals surface area contributed by atoms with E-state index in [-0.39, 0.29) is 12.3 Å². The van der Waals surface area contributed by atoms with E-state index in [1.807, 2.05) is 13.8 Å². The van der Waals surface area contributed by atoms with Crippen molar-refractivity contribution in [1.82, 2.24) is 4.98 Å². The highest BCUT2D eigenvalue weighted by Gasteiger charge is 2.36. The van der Waals surface area contributed by atoms with Crippen LogP contribution in [0.1, 0.15) is 30.5 Å². The molecule has 1 atom stereocenters. The standard InChI is InChI=1S/C9H13F3N2S/c1-5(2)8-14-6(4-15-8)3-7(13)9(10,11)12/h4-5,7H,3,13H2,1-2H3. The largest absolute Gasteiger partial charge is 0.404 e. The lowest BCUT2D eigenvalue weighted by molar-refractivity contribution is -0.147. The number of aromatic nitrogens is 1. The summed E-state index contributed by atoms with van der Waals surface area (Å²) < 4.78 is 36.5. The van der Waals surface area contributed by atoms with Gasteiger partial charge in [0.15, 0.2) is 0 Å². The van der Waals surface area contributed by atoms with Gasteiger partial charge in [-0.1, -0.05) is 13.8 Å². The summed E-state index contributed by atoms with van der Waals surface area (Å²) in [6.45, 7) is 3.90. The van der Waals surface area contributed by atoms with E-state index >= 15 is 0 Å². The van der Waals surface area contributed by atoms with E-state index in [2.05, 4.69) is 4.98 Å². The van der Waals surface area contributed by atoms with E-state index in [0.717, 1.165) is 5.01 Å². The van der Waals surface area contributed by atoms with E-state index in [0.29, 0.717) is 5.69 Å². The number of hydrogen-bond donors (Lipinski definition) is 1. The van der Waals surface area contributed by atoms with Gasteiger partial charge in [-0.2, -0.15) is 13.2 Å². The zero-order valence-corrected chi connectivity index (χ0v) is 9.32. The van der Waals surface area contributed by atoms with Crippen LogP contribution in [0.25, 0.3) is 0 Å². The van der Waals surface area contributed by atoms with Gasteiger partial charge in [0.05, 0.1) is 10.7 Å². The van der Waals surface area contributed by atoms with Crippen LogP contribution in [0.4, 0.5) is 13.2 Å². The lowest BCUT2D eigenvalue weighted by Gasteiger charge is -2.13. The molecule has 0 aliphatic carbocycles. The van der Waals surface area contributed by atoms with E-state index in [9.17, 15) is 13.2 Å². The molecule has 1 aromatic heterocycles. The smallest absolute Gasteiger partial charge is 0.320 e. The molecule has 0 amide bonds. The summed E-state index contributed by atoms with van der Waals surface area (Å²) in [5.74, 6) is 0.242. The quantitative estimate of drug-likeness (QED) is 0.879. The molecule has 1 unspecified atom stereocenters. The first-order valence-electron chi connectivity index (χ1n) is 4.57. The van der Waals surface area contributed by atoms with Gasteiger partial charge in [0.1, 0.15) is 6.04 Å². The number of nitrogens with two attached hydrogens (primary N) is 1. The van der Waals surface area contributed by atoms with E-state index < -0.39 is 12.2 Å². The molecule has 0 fully saturated rings. The van der Waals surface area contributed by atoms with Crippen molar-refractivity contribution in [2.24, 2.45) is 5.73 Å². The maximum absolute atomic E-state index is 12.2. The van der Waals surface area contributed by atoms with E-state index in [1.165, 1.54) is 11.3 Å². The molecule has 15 heavy (non-hydrogen) atoms. The van der Waals surface area contributed by atoms with Crippen LogP contribution in [0.2, 0.25) is 0 Å². The second kappa shape index (κ2) is 4.49. The fourth-order valence-electron chi connectivity index (χ4n) is 1.02. The van der Waals surface area contributed by atoms with Gasteiger partial charge in [0, 0.05) is 17.7 Å². The molecule has 2 nitrogen and oxygen atoms in total. The number of rotatable bonds is 3. The topological polar surface area (TPSA) is 38.9 Å². The molecule has 2 N–H and O–H groups in total. The van der Waals surface area contributed by atoms with Crippen LogP contribution in [-0.2, 0) is 6.42 Å². The van der Waals surface area contributed by atoms with Gasteiger partial charge in [0.2, 0.25) is 0 Å². The molecule has 86 valence electrons. The molecule has 1 aromatic rings. The molecule has 0 saturated heterocycles. The van der Waals surface area contributed by atoms with Crippen LogP contribution < -0.4 is 5.73 Å². The Morgan fingerprint density at radius 3 is 2.47 bits per heavy atom. The van der Waals surface area contributed by atoms with Crippen molar-refractivity contribution in [3.05, 3.63) is 16.1 Å². The van der Waals surface area contributed by atoms with Gasteiger partial charge in [-0.3, -0.25) is 0 Å². The number of alkyl halides is 3. The minimum absolute atomic E-state index is 0.242. The Labute approximate surface area is 90.3 Å². The highest BCUT2D eigenvalue weighted by atomic mass is 32.1. The van der Waals surface area contributed by atoms with E-state index in [4.69, 9.17) is 5.73 Å². The average molecular weight is 238 g/mol.